The number of anilines is 1. The van der Waals surface area contributed by atoms with Crippen LogP contribution < -0.4 is 5.32 Å². The van der Waals surface area contributed by atoms with Gasteiger partial charge in [0.15, 0.2) is 5.65 Å². The van der Waals surface area contributed by atoms with Gasteiger partial charge in [-0.3, -0.25) is 4.79 Å². The minimum absolute atomic E-state index is 0.125. The van der Waals surface area contributed by atoms with Gasteiger partial charge in [0.25, 0.3) is 0 Å². The maximum Gasteiger partial charge on any atom is 0.246 e. The highest BCUT2D eigenvalue weighted by Gasteiger charge is 2.16. The fraction of sp³-hybridized carbons (Fsp3) is 0.105. The fourth-order valence-electron chi connectivity index (χ4n) is 2.89. The Labute approximate surface area is 149 Å². The zero-order valence-corrected chi connectivity index (χ0v) is 14.5. The summed E-state index contributed by atoms with van der Waals surface area (Å²) in [5.41, 5.74) is 3.48. The lowest BCUT2D eigenvalue weighted by atomic mass is 10.1. The maximum absolute atomic E-state index is 12.4. The lowest BCUT2D eigenvalue weighted by molar-refractivity contribution is -0.116. The van der Waals surface area contributed by atoms with Gasteiger partial charge in [-0.15, -0.1) is 11.3 Å². The lowest BCUT2D eigenvalue weighted by Crippen LogP contribution is -2.19. The van der Waals surface area contributed by atoms with Gasteiger partial charge in [-0.2, -0.15) is 5.10 Å². The van der Waals surface area contributed by atoms with E-state index in [9.17, 15) is 4.79 Å². The Morgan fingerprint density at radius 3 is 2.76 bits per heavy atom. The summed E-state index contributed by atoms with van der Waals surface area (Å²) in [7, 11) is 0. The number of benzene rings is 1. The predicted octanol–water partition coefficient (Wildman–Crippen LogP) is 4.11. The van der Waals surface area contributed by atoms with Crippen LogP contribution in [0.25, 0.3) is 21.5 Å². The number of pyridine rings is 1. The van der Waals surface area contributed by atoms with E-state index in [1.54, 1.807) is 22.2 Å². The second kappa shape index (κ2) is 6.49. The SMILES string of the molecule is Cc1nn(CC(=O)Nc2ccccc2)c2nccc(-c3cccs3)c12. The first-order valence-corrected chi connectivity index (χ1v) is 8.81. The number of nitrogens with one attached hydrogen (secondary N) is 1. The van der Waals surface area contributed by atoms with Crippen LogP contribution in [0.4, 0.5) is 5.69 Å². The van der Waals surface area contributed by atoms with E-state index >= 15 is 0 Å². The summed E-state index contributed by atoms with van der Waals surface area (Å²) >= 11 is 1.68. The molecule has 0 aliphatic heterocycles. The predicted molar refractivity (Wildman–Crippen MR) is 101 cm³/mol. The smallest absolute Gasteiger partial charge is 0.246 e. The molecule has 3 heterocycles. The first-order chi connectivity index (χ1) is 12.2. The van der Waals surface area contributed by atoms with Gasteiger partial charge >= 0.3 is 0 Å². The highest BCUT2D eigenvalue weighted by atomic mass is 32.1. The second-order valence-electron chi connectivity index (χ2n) is 5.69. The Kier molecular flexibility index (Phi) is 4.03. The van der Waals surface area contributed by atoms with Crippen LogP contribution in [0.15, 0.2) is 60.1 Å². The zero-order chi connectivity index (χ0) is 17.2. The summed E-state index contributed by atoms with van der Waals surface area (Å²) in [6.07, 6.45) is 1.77. The summed E-state index contributed by atoms with van der Waals surface area (Å²) < 4.78 is 1.67. The van der Waals surface area contributed by atoms with Gasteiger partial charge < -0.3 is 5.32 Å². The fourth-order valence-corrected chi connectivity index (χ4v) is 3.64. The molecule has 1 amide bonds. The number of aromatic nitrogens is 3. The standard InChI is InChI=1S/C19H16N4OS/c1-13-18-15(16-8-5-11-25-16)9-10-20-19(18)23(22-13)12-17(24)21-14-6-3-2-4-7-14/h2-11H,12H2,1H3,(H,21,24). The Morgan fingerprint density at radius 2 is 2.00 bits per heavy atom. The van der Waals surface area contributed by atoms with Crippen LogP contribution in [-0.2, 0) is 11.3 Å². The van der Waals surface area contributed by atoms with Crippen molar-refractivity contribution in [2.24, 2.45) is 0 Å². The van der Waals surface area contributed by atoms with Crippen LogP contribution in [0.5, 0.6) is 0 Å². The van der Waals surface area contributed by atoms with E-state index in [4.69, 9.17) is 0 Å². The molecular weight excluding hydrogens is 332 g/mol. The van der Waals surface area contributed by atoms with Crippen molar-refractivity contribution in [3.8, 4) is 10.4 Å². The molecule has 4 rings (SSSR count). The van der Waals surface area contributed by atoms with Crippen molar-refractivity contribution < 1.29 is 4.79 Å². The zero-order valence-electron chi connectivity index (χ0n) is 13.6. The lowest BCUT2D eigenvalue weighted by Gasteiger charge is -2.06. The van der Waals surface area contributed by atoms with E-state index in [-0.39, 0.29) is 12.5 Å². The minimum atomic E-state index is -0.126. The molecule has 0 fully saturated rings. The number of nitrogens with zero attached hydrogens (tertiary/aromatic N) is 3. The van der Waals surface area contributed by atoms with Crippen LogP contribution >= 0.6 is 11.3 Å². The molecule has 5 nitrogen and oxygen atoms in total. The molecule has 6 heteroatoms. The van der Waals surface area contributed by atoms with Crippen molar-refractivity contribution in [2.75, 3.05) is 5.32 Å². The molecule has 3 aromatic heterocycles. The molecular formula is C19H16N4OS. The number of amides is 1. The van der Waals surface area contributed by atoms with Crippen molar-refractivity contribution in [3.05, 3.63) is 65.8 Å². The number of hydrogen-bond donors (Lipinski definition) is 1. The molecule has 25 heavy (non-hydrogen) atoms. The first-order valence-electron chi connectivity index (χ1n) is 7.93. The summed E-state index contributed by atoms with van der Waals surface area (Å²) in [4.78, 5) is 18.0. The Hall–Kier alpha value is -2.99. The Morgan fingerprint density at radius 1 is 1.16 bits per heavy atom. The molecule has 1 aromatic carbocycles. The van der Waals surface area contributed by atoms with Crippen molar-refractivity contribution in [1.82, 2.24) is 14.8 Å². The number of aryl methyl sites for hydroxylation is 1. The van der Waals surface area contributed by atoms with Crippen molar-refractivity contribution in [2.45, 2.75) is 13.5 Å². The van der Waals surface area contributed by atoms with Crippen LogP contribution in [0, 0.1) is 6.92 Å². The first kappa shape index (κ1) is 15.5. The number of carbonyl (C=O) groups is 1. The largest absolute Gasteiger partial charge is 0.324 e. The number of fused-ring (bicyclic) bond motifs is 1. The van der Waals surface area contributed by atoms with Gasteiger partial charge in [0.05, 0.1) is 11.1 Å². The molecule has 0 saturated carbocycles. The van der Waals surface area contributed by atoms with E-state index < -0.39 is 0 Å². The highest BCUT2D eigenvalue weighted by molar-refractivity contribution is 7.13. The van der Waals surface area contributed by atoms with Gasteiger partial charge in [0, 0.05) is 22.3 Å². The number of rotatable bonds is 4. The van der Waals surface area contributed by atoms with Gasteiger partial charge in [-0.05, 0) is 36.6 Å². The van der Waals surface area contributed by atoms with Crippen LogP contribution in [0.3, 0.4) is 0 Å². The highest BCUT2D eigenvalue weighted by Crippen LogP contribution is 2.32. The monoisotopic (exact) mass is 348 g/mol. The Bertz CT molecular complexity index is 1020. The molecule has 0 atom stereocenters. The van der Waals surface area contributed by atoms with E-state index in [1.807, 2.05) is 49.4 Å². The Balaban J connectivity index is 1.67. The average Bonchev–Trinajstić information content (AvgIpc) is 3.25. The van der Waals surface area contributed by atoms with Crippen LogP contribution in [0.1, 0.15) is 5.69 Å². The van der Waals surface area contributed by atoms with Gasteiger partial charge in [0.1, 0.15) is 6.54 Å². The quantitative estimate of drug-likeness (QED) is 0.604. The van der Waals surface area contributed by atoms with E-state index in [2.05, 4.69) is 26.8 Å². The normalized spacial score (nSPS) is 10.9. The molecule has 0 aliphatic rings. The molecule has 0 aliphatic carbocycles. The number of carbonyl (C=O) groups excluding carboxylic acids is 1. The molecule has 0 unspecified atom stereocenters. The van der Waals surface area contributed by atoms with Gasteiger partial charge in [0.2, 0.25) is 5.91 Å². The van der Waals surface area contributed by atoms with E-state index in [0.29, 0.717) is 0 Å². The van der Waals surface area contributed by atoms with Crippen LogP contribution in [-0.4, -0.2) is 20.7 Å². The van der Waals surface area contributed by atoms with Crippen molar-refractivity contribution >= 4 is 34.0 Å². The topological polar surface area (TPSA) is 59.8 Å². The number of hydrogen-bond acceptors (Lipinski definition) is 4. The molecule has 0 saturated heterocycles. The summed E-state index contributed by atoms with van der Waals surface area (Å²) in [6, 6.07) is 15.5. The molecule has 124 valence electrons. The maximum atomic E-state index is 12.4. The van der Waals surface area contributed by atoms with Crippen LogP contribution in [0.2, 0.25) is 0 Å². The molecule has 1 N–H and O–H groups in total. The summed E-state index contributed by atoms with van der Waals surface area (Å²) in [5.74, 6) is -0.126. The number of thiophene rings is 1. The minimum Gasteiger partial charge on any atom is -0.324 e. The van der Waals surface area contributed by atoms with Gasteiger partial charge in [-0.25, -0.2) is 9.67 Å². The van der Waals surface area contributed by atoms with E-state index in [0.717, 1.165) is 28.0 Å². The molecule has 4 aromatic rings. The van der Waals surface area contributed by atoms with Gasteiger partial charge in [-0.1, -0.05) is 24.3 Å². The number of para-hydroxylation sites is 1. The second-order valence-corrected chi connectivity index (χ2v) is 6.64. The molecule has 0 spiro atoms. The third kappa shape index (κ3) is 3.04. The summed E-state index contributed by atoms with van der Waals surface area (Å²) in [6.45, 7) is 2.08. The van der Waals surface area contributed by atoms with Crippen molar-refractivity contribution in [3.63, 3.8) is 0 Å². The van der Waals surface area contributed by atoms with E-state index in [1.165, 1.54) is 4.88 Å². The molecule has 0 radical (unpaired) electrons. The molecule has 0 bridgehead atoms. The summed E-state index contributed by atoms with van der Waals surface area (Å²) in [5, 5.41) is 10.5. The van der Waals surface area contributed by atoms with Crippen molar-refractivity contribution in [1.29, 1.82) is 0 Å². The third-order valence-electron chi connectivity index (χ3n) is 3.95. The third-order valence-corrected chi connectivity index (χ3v) is 4.85. The average molecular weight is 348 g/mol.